The van der Waals surface area contributed by atoms with Gasteiger partial charge in [-0.25, -0.2) is 4.39 Å². The molecule has 2 atom stereocenters. The van der Waals surface area contributed by atoms with Crippen LogP contribution in [0.3, 0.4) is 0 Å². The minimum atomic E-state index is -1.06. The number of nitrogens with zero attached hydrogens (tertiary/aromatic N) is 1. The summed E-state index contributed by atoms with van der Waals surface area (Å²) in [6.45, 7) is 3.93. The number of rotatable bonds is 5. The number of hydrogen-bond donors (Lipinski definition) is 2. The third-order valence-electron chi connectivity index (χ3n) is 5.15. The first-order valence-electron chi connectivity index (χ1n) is 9.72. The summed E-state index contributed by atoms with van der Waals surface area (Å²) < 4.78 is 16.7. The van der Waals surface area contributed by atoms with Crippen LogP contribution in [0.5, 0.6) is 0 Å². The third-order valence-corrected chi connectivity index (χ3v) is 5.65. The van der Waals surface area contributed by atoms with E-state index in [1.54, 1.807) is 24.3 Å². The number of benzene rings is 1. The van der Waals surface area contributed by atoms with Crippen LogP contribution in [-0.2, 0) is 7.05 Å². The molecular weight excluding hydrogens is 422 g/mol. The summed E-state index contributed by atoms with van der Waals surface area (Å²) in [4.78, 5) is 0. The predicted molar refractivity (Wildman–Crippen MR) is 124 cm³/mol. The van der Waals surface area contributed by atoms with E-state index in [0.717, 1.165) is 22.7 Å². The largest absolute Gasteiger partial charge is 0.404 e. The molecule has 1 aromatic carbocycles. The molecule has 0 saturated carbocycles. The van der Waals surface area contributed by atoms with E-state index in [2.05, 4.69) is 13.0 Å². The van der Waals surface area contributed by atoms with Gasteiger partial charge in [0.15, 0.2) is 0 Å². The molecule has 0 bridgehead atoms. The molecule has 0 fully saturated rings. The van der Waals surface area contributed by atoms with Gasteiger partial charge in [0, 0.05) is 51.8 Å². The number of aromatic nitrogens is 1. The lowest BCUT2D eigenvalue weighted by Gasteiger charge is -2.21. The highest BCUT2D eigenvalue weighted by molar-refractivity contribution is 6.31. The van der Waals surface area contributed by atoms with Crippen LogP contribution in [0.4, 0.5) is 4.39 Å². The Labute approximate surface area is 186 Å². The van der Waals surface area contributed by atoms with Gasteiger partial charge in [-0.1, -0.05) is 48.4 Å². The van der Waals surface area contributed by atoms with Crippen molar-refractivity contribution in [3.8, 4) is 11.1 Å². The maximum atomic E-state index is 14.8. The fourth-order valence-electron chi connectivity index (χ4n) is 3.90. The highest BCUT2D eigenvalue weighted by atomic mass is 35.5. The molecule has 0 amide bonds. The zero-order valence-electron chi connectivity index (χ0n) is 17.2. The second-order valence-corrected chi connectivity index (χ2v) is 8.43. The van der Waals surface area contributed by atoms with Crippen molar-refractivity contribution in [3.63, 3.8) is 0 Å². The van der Waals surface area contributed by atoms with Crippen molar-refractivity contribution in [3.05, 3.63) is 87.6 Å². The quantitative estimate of drug-likeness (QED) is 0.516. The lowest BCUT2D eigenvalue weighted by molar-refractivity contribution is 0.219. The molecule has 0 aliphatic heterocycles. The maximum Gasteiger partial charge on any atom is 0.132 e. The topological polar surface area (TPSA) is 51.2 Å². The van der Waals surface area contributed by atoms with E-state index in [0.29, 0.717) is 27.3 Å². The van der Waals surface area contributed by atoms with E-state index < -0.39 is 11.9 Å². The second-order valence-electron chi connectivity index (χ2n) is 7.50. The van der Waals surface area contributed by atoms with Gasteiger partial charge in [-0.3, -0.25) is 0 Å². The van der Waals surface area contributed by atoms with Crippen molar-refractivity contribution in [2.45, 2.75) is 26.4 Å². The Morgan fingerprint density at radius 1 is 1.33 bits per heavy atom. The fraction of sp³-hybridized carbons (Fsp3) is 0.250. The van der Waals surface area contributed by atoms with E-state index in [-0.39, 0.29) is 5.92 Å². The molecule has 0 radical (unpaired) electrons. The summed E-state index contributed by atoms with van der Waals surface area (Å²) in [5, 5.41) is 12.4. The van der Waals surface area contributed by atoms with Gasteiger partial charge in [-0.05, 0) is 49.1 Å². The number of aliphatic hydroxyl groups excluding tert-OH is 1. The van der Waals surface area contributed by atoms with Crippen LogP contribution in [0.2, 0.25) is 5.02 Å². The maximum absolute atomic E-state index is 14.8. The molecular formula is C24H25Cl2FN2O. The van der Waals surface area contributed by atoms with Gasteiger partial charge >= 0.3 is 0 Å². The summed E-state index contributed by atoms with van der Waals surface area (Å²) in [5.74, 6) is -0.217. The Hall–Kier alpha value is -2.27. The lowest BCUT2D eigenvalue weighted by atomic mass is 9.89. The summed E-state index contributed by atoms with van der Waals surface area (Å²) in [5.41, 5.74) is 9.45. The Kier molecular flexibility index (Phi) is 6.91. The predicted octanol–water partition coefficient (Wildman–Crippen LogP) is 6.48. The number of hydrogen-bond acceptors (Lipinski definition) is 2. The van der Waals surface area contributed by atoms with E-state index in [1.165, 1.54) is 12.3 Å². The molecule has 1 aliphatic carbocycles. The molecule has 2 aromatic rings. The van der Waals surface area contributed by atoms with Crippen LogP contribution >= 0.6 is 23.2 Å². The molecule has 0 spiro atoms. The molecule has 3 N–H and O–H groups in total. The molecule has 1 aromatic heterocycles. The van der Waals surface area contributed by atoms with Crippen LogP contribution in [0.25, 0.3) is 16.7 Å². The molecule has 2 unspecified atom stereocenters. The molecule has 3 rings (SSSR count). The summed E-state index contributed by atoms with van der Waals surface area (Å²) in [7, 11) is 1.87. The van der Waals surface area contributed by atoms with Crippen molar-refractivity contribution in [2.75, 3.05) is 0 Å². The van der Waals surface area contributed by atoms with Crippen molar-refractivity contribution >= 4 is 28.8 Å². The summed E-state index contributed by atoms with van der Waals surface area (Å²) in [6, 6.07) is 4.52. The molecule has 158 valence electrons. The fourth-order valence-corrected chi connectivity index (χ4v) is 4.42. The van der Waals surface area contributed by atoms with E-state index >= 15 is 0 Å². The first-order valence-corrected chi connectivity index (χ1v) is 10.5. The average molecular weight is 447 g/mol. The lowest BCUT2D eigenvalue weighted by Crippen LogP contribution is -2.09. The Balaban J connectivity index is 2.32. The second kappa shape index (κ2) is 9.25. The van der Waals surface area contributed by atoms with E-state index in [4.69, 9.17) is 28.9 Å². The number of aryl methyl sites for hydroxylation is 1. The van der Waals surface area contributed by atoms with E-state index in [9.17, 15) is 9.50 Å². The van der Waals surface area contributed by atoms with Gasteiger partial charge in [0.05, 0.1) is 5.69 Å². The monoisotopic (exact) mass is 446 g/mol. The molecule has 3 nitrogen and oxygen atoms in total. The van der Waals surface area contributed by atoms with E-state index in [1.807, 2.05) is 30.8 Å². The zero-order valence-corrected chi connectivity index (χ0v) is 18.7. The van der Waals surface area contributed by atoms with Crippen LogP contribution in [-0.4, -0.2) is 9.67 Å². The first-order chi connectivity index (χ1) is 14.3. The zero-order chi connectivity index (χ0) is 22.0. The first kappa shape index (κ1) is 22.4. The van der Waals surface area contributed by atoms with Gasteiger partial charge in [-0.2, -0.15) is 0 Å². The average Bonchev–Trinajstić information content (AvgIpc) is 3.01. The highest BCUT2D eigenvalue weighted by Crippen LogP contribution is 2.42. The summed E-state index contributed by atoms with van der Waals surface area (Å²) >= 11 is 12.3. The van der Waals surface area contributed by atoms with Crippen molar-refractivity contribution in [1.82, 2.24) is 4.57 Å². The van der Waals surface area contributed by atoms with Crippen molar-refractivity contribution in [1.29, 1.82) is 0 Å². The van der Waals surface area contributed by atoms with Gasteiger partial charge < -0.3 is 15.4 Å². The van der Waals surface area contributed by atoms with Gasteiger partial charge in [0.1, 0.15) is 11.9 Å². The minimum absolute atomic E-state index is 0.244. The molecule has 6 heteroatoms. The number of nitrogens with two attached hydrogens (primary N) is 1. The van der Waals surface area contributed by atoms with Crippen LogP contribution in [0.1, 0.15) is 37.6 Å². The standard InChI is InChI=1S/C24H25Cl2FN2O/c1-4-5-15(12-28)24(30)22-20(19-7-6-17(25)11-21(19)27)13-29(3)23(22)16-8-14(2)9-18(26)10-16/h4-8,10-14,24,30H,9,28H2,1-3H3/b5-4-,15-12+. The molecule has 1 aliphatic rings. The molecule has 0 saturated heterocycles. The van der Waals surface area contributed by atoms with Gasteiger partial charge in [0.2, 0.25) is 0 Å². The normalized spacial score (nSPS) is 18.5. The third kappa shape index (κ3) is 4.41. The van der Waals surface area contributed by atoms with Gasteiger partial charge in [0.25, 0.3) is 0 Å². The number of aliphatic hydroxyl groups is 1. The SMILES string of the molecule is C/C=C\C(=C/N)C(O)c1c(-c2ccc(Cl)cc2F)cn(C)c1C1=CC(C)CC(Cl)=C1. The molecule has 30 heavy (non-hydrogen) atoms. The number of allylic oxidation sites excluding steroid dienone is 5. The smallest absolute Gasteiger partial charge is 0.132 e. The van der Waals surface area contributed by atoms with Gasteiger partial charge in [-0.15, -0.1) is 0 Å². The highest BCUT2D eigenvalue weighted by Gasteiger charge is 2.27. The van der Waals surface area contributed by atoms with Crippen LogP contribution in [0, 0.1) is 11.7 Å². The minimum Gasteiger partial charge on any atom is -0.404 e. The Bertz CT molecular complexity index is 1080. The summed E-state index contributed by atoms with van der Waals surface area (Å²) in [6.07, 6.45) is 10.4. The number of halogens is 3. The van der Waals surface area contributed by atoms with Crippen LogP contribution < -0.4 is 5.73 Å². The van der Waals surface area contributed by atoms with Crippen molar-refractivity contribution in [2.24, 2.45) is 18.7 Å². The van der Waals surface area contributed by atoms with Crippen LogP contribution in [0.15, 0.2) is 65.5 Å². The Morgan fingerprint density at radius 2 is 2.07 bits per heavy atom. The Morgan fingerprint density at radius 3 is 2.67 bits per heavy atom. The molecule has 1 heterocycles. The van der Waals surface area contributed by atoms with Crippen molar-refractivity contribution < 1.29 is 9.50 Å².